The van der Waals surface area contributed by atoms with E-state index in [4.69, 9.17) is 17.3 Å². The van der Waals surface area contributed by atoms with E-state index in [0.29, 0.717) is 18.5 Å². The van der Waals surface area contributed by atoms with E-state index in [0.717, 1.165) is 0 Å². The summed E-state index contributed by atoms with van der Waals surface area (Å²) < 4.78 is 13.4. The van der Waals surface area contributed by atoms with E-state index in [1.54, 1.807) is 0 Å². The quantitative estimate of drug-likeness (QED) is 0.818. The number of halogens is 2. The monoisotopic (exact) mass is 217 g/mol. The molecule has 1 aromatic rings. The maximum absolute atomic E-state index is 13.4. The smallest absolute Gasteiger partial charge is 0.134 e. The van der Waals surface area contributed by atoms with Gasteiger partial charge in [0.25, 0.3) is 0 Å². The van der Waals surface area contributed by atoms with Gasteiger partial charge in [0, 0.05) is 5.56 Å². The Labute approximate surface area is 87.5 Å². The van der Waals surface area contributed by atoms with Gasteiger partial charge in [-0.05, 0) is 31.0 Å². The first-order chi connectivity index (χ1) is 6.57. The van der Waals surface area contributed by atoms with Crippen molar-refractivity contribution in [2.24, 2.45) is 5.73 Å². The Morgan fingerprint density at radius 3 is 2.79 bits per heavy atom. The Bertz CT molecular complexity index is 330. The Morgan fingerprint density at radius 2 is 2.21 bits per heavy atom. The highest BCUT2D eigenvalue weighted by atomic mass is 35.5. The van der Waals surface area contributed by atoms with Crippen LogP contribution in [0.1, 0.15) is 24.8 Å². The molecule has 0 aliphatic carbocycles. The van der Waals surface area contributed by atoms with E-state index < -0.39 is 5.82 Å². The molecular formula is C10H13ClFNO. The standard InChI is InChI=1S/C10H13ClFNO/c1-6(4-5-13)9-7(12)2-3-8(14)10(9)11/h2-3,6,14H,4-5,13H2,1H3. The van der Waals surface area contributed by atoms with Crippen LogP contribution in [0, 0.1) is 5.82 Å². The molecule has 4 heteroatoms. The summed E-state index contributed by atoms with van der Waals surface area (Å²) >= 11 is 5.80. The molecule has 0 amide bonds. The number of nitrogens with two attached hydrogens (primary N) is 1. The van der Waals surface area contributed by atoms with Crippen molar-refractivity contribution in [2.45, 2.75) is 19.3 Å². The van der Waals surface area contributed by atoms with Crippen molar-refractivity contribution in [3.05, 3.63) is 28.5 Å². The van der Waals surface area contributed by atoms with Gasteiger partial charge in [0.05, 0.1) is 5.02 Å². The van der Waals surface area contributed by atoms with E-state index in [1.807, 2.05) is 6.92 Å². The van der Waals surface area contributed by atoms with Crippen LogP contribution in [0.3, 0.4) is 0 Å². The molecule has 0 saturated heterocycles. The van der Waals surface area contributed by atoms with Gasteiger partial charge in [-0.15, -0.1) is 0 Å². The second-order valence-corrected chi connectivity index (χ2v) is 3.65. The molecule has 1 rings (SSSR count). The maximum atomic E-state index is 13.4. The van der Waals surface area contributed by atoms with Crippen LogP contribution in [0.2, 0.25) is 5.02 Å². The minimum Gasteiger partial charge on any atom is -0.506 e. The zero-order chi connectivity index (χ0) is 10.7. The number of rotatable bonds is 3. The predicted octanol–water partition coefficient (Wildman–Crippen LogP) is 2.64. The molecule has 78 valence electrons. The molecule has 0 aromatic heterocycles. The van der Waals surface area contributed by atoms with Crippen molar-refractivity contribution in [2.75, 3.05) is 6.54 Å². The number of phenolic OH excluding ortho intramolecular Hbond substituents is 1. The predicted molar refractivity (Wildman–Crippen MR) is 55.2 cm³/mol. The van der Waals surface area contributed by atoms with Gasteiger partial charge in [0.1, 0.15) is 11.6 Å². The van der Waals surface area contributed by atoms with Crippen LogP contribution >= 0.6 is 11.6 Å². The molecule has 0 fully saturated rings. The van der Waals surface area contributed by atoms with E-state index >= 15 is 0 Å². The lowest BCUT2D eigenvalue weighted by molar-refractivity contribution is 0.469. The number of benzene rings is 1. The average molecular weight is 218 g/mol. The summed E-state index contributed by atoms with van der Waals surface area (Å²) in [6.45, 7) is 2.29. The van der Waals surface area contributed by atoms with E-state index in [-0.39, 0.29) is 16.7 Å². The van der Waals surface area contributed by atoms with Gasteiger partial charge in [-0.25, -0.2) is 4.39 Å². The number of hydrogen-bond donors (Lipinski definition) is 2. The molecule has 14 heavy (non-hydrogen) atoms. The summed E-state index contributed by atoms with van der Waals surface area (Å²) in [5.74, 6) is -0.569. The number of aromatic hydroxyl groups is 1. The Kier molecular flexibility index (Phi) is 3.72. The molecule has 0 radical (unpaired) electrons. The Hall–Kier alpha value is -0.800. The average Bonchev–Trinajstić information content (AvgIpc) is 2.13. The van der Waals surface area contributed by atoms with Crippen LogP contribution in [0.25, 0.3) is 0 Å². The van der Waals surface area contributed by atoms with Crippen molar-refractivity contribution < 1.29 is 9.50 Å². The summed E-state index contributed by atoms with van der Waals surface area (Å²) in [6.07, 6.45) is 0.639. The van der Waals surface area contributed by atoms with Crippen molar-refractivity contribution in [1.82, 2.24) is 0 Å². The lowest BCUT2D eigenvalue weighted by Gasteiger charge is -2.14. The van der Waals surface area contributed by atoms with Crippen molar-refractivity contribution in [1.29, 1.82) is 0 Å². The summed E-state index contributed by atoms with van der Waals surface area (Å²) in [6, 6.07) is 2.46. The summed E-state index contributed by atoms with van der Waals surface area (Å²) in [5.41, 5.74) is 5.72. The van der Waals surface area contributed by atoms with Crippen molar-refractivity contribution in [3.63, 3.8) is 0 Å². The van der Waals surface area contributed by atoms with Crippen molar-refractivity contribution >= 4 is 11.6 Å². The topological polar surface area (TPSA) is 46.2 Å². The zero-order valence-corrected chi connectivity index (χ0v) is 8.68. The number of phenols is 1. The highest BCUT2D eigenvalue weighted by Gasteiger charge is 2.16. The van der Waals surface area contributed by atoms with Gasteiger partial charge in [0.15, 0.2) is 0 Å². The third-order valence-corrected chi connectivity index (χ3v) is 2.60. The van der Waals surface area contributed by atoms with Crippen LogP contribution in [-0.4, -0.2) is 11.7 Å². The molecule has 0 aliphatic heterocycles. The zero-order valence-electron chi connectivity index (χ0n) is 7.93. The molecule has 0 saturated carbocycles. The van der Waals surface area contributed by atoms with Gasteiger partial charge in [-0.3, -0.25) is 0 Å². The highest BCUT2D eigenvalue weighted by Crippen LogP contribution is 2.35. The van der Waals surface area contributed by atoms with Crippen LogP contribution in [-0.2, 0) is 0 Å². The molecule has 0 aliphatic rings. The summed E-state index contributed by atoms with van der Waals surface area (Å²) in [5, 5.41) is 9.40. The lowest BCUT2D eigenvalue weighted by atomic mass is 9.97. The second kappa shape index (κ2) is 4.62. The molecule has 1 aromatic carbocycles. The third-order valence-electron chi connectivity index (χ3n) is 2.20. The van der Waals surface area contributed by atoms with Crippen LogP contribution in [0.5, 0.6) is 5.75 Å². The normalized spacial score (nSPS) is 12.9. The maximum Gasteiger partial charge on any atom is 0.134 e. The van der Waals surface area contributed by atoms with Crippen LogP contribution in [0.4, 0.5) is 4.39 Å². The van der Waals surface area contributed by atoms with Gasteiger partial charge in [-0.2, -0.15) is 0 Å². The largest absolute Gasteiger partial charge is 0.506 e. The first-order valence-corrected chi connectivity index (χ1v) is 4.82. The molecule has 0 heterocycles. The summed E-state index contributed by atoms with van der Waals surface area (Å²) in [4.78, 5) is 0. The molecule has 1 atom stereocenters. The summed E-state index contributed by atoms with van der Waals surface area (Å²) in [7, 11) is 0. The minimum absolute atomic E-state index is 0.0837. The number of hydrogen-bond acceptors (Lipinski definition) is 2. The Balaban J connectivity index is 3.11. The fourth-order valence-corrected chi connectivity index (χ4v) is 1.74. The molecule has 3 N–H and O–H groups in total. The molecule has 2 nitrogen and oxygen atoms in total. The third kappa shape index (κ3) is 2.16. The van der Waals surface area contributed by atoms with Gasteiger partial charge < -0.3 is 10.8 Å². The van der Waals surface area contributed by atoms with E-state index in [1.165, 1.54) is 12.1 Å². The van der Waals surface area contributed by atoms with Crippen LogP contribution in [0.15, 0.2) is 12.1 Å². The molecule has 0 bridgehead atoms. The molecule has 0 spiro atoms. The fourth-order valence-electron chi connectivity index (χ4n) is 1.40. The van der Waals surface area contributed by atoms with Crippen LogP contribution < -0.4 is 5.73 Å². The van der Waals surface area contributed by atoms with Gasteiger partial charge >= 0.3 is 0 Å². The molecular weight excluding hydrogens is 205 g/mol. The van der Waals surface area contributed by atoms with Gasteiger partial charge in [0.2, 0.25) is 0 Å². The SMILES string of the molecule is CC(CCN)c1c(F)ccc(O)c1Cl. The van der Waals surface area contributed by atoms with E-state index in [2.05, 4.69) is 0 Å². The van der Waals surface area contributed by atoms with E-state index in [9.17, 15) is 9.50 Å². The lowest BCUT2D eigenvalue weighted by Crippen LogP contribution is -2.06. The first kappa shape index (κ1) is 11.3. The fraction of sp³-hybridized carbons (Fsp3) is 0.400. The first-order valence-electron chi connectivity index (χ1n) is 4.44. The highest BCUT2D eigenvalue weighted by molar-refractivity contribution is 6.32. The van der Waals surface area contributed by atoms with Gasteiger partial charge in [-0.1, -0.05) is 18.5 Å². The molecule has 1 unspecified atom stereocenters. The second-order valence-electron chi connectivity index (χ2n) is 3.27. The Morgan fingerprint density at radius 1 is 1.57 bits per heavy atom. The van der Waals surface area contributed by atoms with Crippen molar-refractivity contribution in [3.8, 4) is 5.75 Å². The minimum atomic E-state index is -0.395.